The van der Waals surface area contributed by atoms with Crippen molar-refractivity contribution in [1.82, 2.24) is 14.8 Å². The van der Waals surface area contributed by atoms with Crippen LogP contribution in [0.5, 0.6) is 0 Å². The number of thioether (sulfide) groups is 1. The van der Waals surface area contributed by atoms with Gasteiger partial charge in [0.05, 0.1) is 5.75 Å². The van der Waals surface area contributed by atoms with Crippen LogP contribution in [0.25, 0.3) is 11.4 Å². The van der Waals surface area contributed by atoms with Crippen LogP contribution in [0.1, 0.15) is 44.4 Å². The van der Waals surface area contributed by atoms with Crippen LogP contribution in [0.4, 0.5) is 5.69 Å². The topological polar surface area (TPSA) is 59.8 Å². The van der Waals surface area contributed by atoms with Crippen molar-refractivity contribution in [3.8, 4) is 11.4 Å². The first kappa shape index (κ1) is 24.7. The molecule has 0 bridgehead atoms. The first-order valence-electron chi connectivity index (χ1n) is 11.9. The minimum absolute atomic E-state index is 0.0581. The van der Waals surface area contributed by atoms with E-state index >= 15 is 0 Å². The van der Waals surface area contributed by atoms with Gasteiger partial charge in [-0.05, 0) is 41.5 Å². The van der Waals surface area contributed by atoms with E-state index in [1.54, 1.807) is 0 Å². The Balaban J connectivity index is 1.43. The van der Waals surface area contributed by atoms with Crippen LogP contribution in [0.15, 0.2) is 84.0 Å². The largest absolute Gasteiger partial charge is 0.325 e. The summed E-state index contributed by atoms with van der Waals surface area (Å²) in [7, 11) is 0. The number of anilines is 1. The maximum absolute atomic E-state index is 12.8. The number of hydrogen-bond donors (Lipinski definition) is 1. The van der Waals surface area contributed by atoms with Crippen molar-refractivity contribution in [3.63, 3.8) is 0 Å². The van der Waals surface area contributed by atoms with Gasteiger partial charge in [-0.1, -0.05) is 105 Å². The van der Waals surface area contributed by atoms with Crippen molar-refractivity contribution in [2.75, 3.05) is 11.1 Å². The molecule has 0 aliphatic heterocycles. The summed E-state index contributed by atoms with van der Waals surface area (Å²) in [6.45, 7) is 9.41. The molecule has 1 N–H and O–H groups in total. The fourth-order valence-electron chi connectivity index (χ4n) is 3.94. The van der Waals surface area contributed by atoms with Gasteiger partial charge in [0.15, 0.2) is 11.0 Å². The second-order valence-electron chi connectivity index (χ2n) is 9.53. The molecule has 4 aromatic rings. The molecule has 0 unspecified atom stereocenters. The lowest BCUT2D eigenvalue weighted by molar-refractivity contribution is -0.113. The monoisotopic (exact) mass is 484 g/mol. The molecule has 0 spiro atoms. The van der Waals surface area contributed by atoms with Crippen LogP contribution in [-0.4, -0.2) is 26.4 Å². The first-order chi connectivity index (χ1) is 16.8. The lowest BCUT2D eigenvalue weighted by Gasteiger charge is -2.19. The van der Waals surface area contributed by atoms with Gasteiger partial charge in [0.2, 0.25) is 5.91 Å². The smallest absolute Gasteiger partial charge is 0.234 e. The number of carbonyl (C=O) groups excluding carboxylic acids is 1. The van der Waals surface area contributed by atoms with Crippen molar-refractivity contribution in [3.05, 3.63) is 95.6 Å². The van der Waals surface area contributed by atoms with E-state index in [9.17, 15) is 4.79 Å². The summed E-state index contributed by atoms with van der Waals surface area (Å²) in [5.74, 6) is 1.03. The Hall–Kier alpha value is -3.38. The Morgan fingerprint density at radius 2 is 1.60 bits per heavy atom. The lowest BCUT2D eigenvalue weighted by atomic mass is 9.87. The minimum atomic E-state index is -0.0581. The quantitative estimate of drug-likeness (QED) is 0.287. The van der Waals surface area contributed by atoms with E-state index in [2.05, 4.69) is 90.2 Å². The zero-order chi connectivity index (χ0) is 24.8. The van der Waals surface area contributed by atoms with Gasteiger partial charge in [0, 0.05) is 17.8 Å². The minimum Gasteiger partial charge on any atom is -0.325 e. The summed E-state index contributed by atoms with van der Waals surface area (Å²) in [6, 6.07) is 26.7. The van der Waals surface area contributed by atoms with Gasteiger partial charge in [-0.25, -0.2) is 0 Å². The van der Waals surface area contributed by atoms with E-state index in [1.807, 2.05) is 36.4 Å². The number of nitrogens with zero attached hydrogens (tertiary/aromatic N) is 3. The summed E-state index contributed by atoms with van der Waals surface area (Å²) >= 11 is 1.41. The summed E-state index contributed by atoms with van der Waals surface area (Å²) in [5.41, 5.74) is 5.56. The number of amides is 1. The van der Waals surface area contributed by atoms with Crippen LogP contribution in [0.2, 0.25) is 0 Å². The van der Waals surface area contributed by atoms with Gasteiger partial charge >= 0.3 is 0 Å². The highest BCUT2D eigenvalue weighted by Crippen LogP contribution is 2.28. The Morgan fingerprint density at radius 1 is 0.914 bits per heavy atom. The molecular formula is C29H32N4OS. The summed E-state index contributed by atoms with van der Waals surface area (Å²) in [6.07, 6.45) is 0.770. The fraction of sp³-hybridized carbons (Fsp3) is 0.276. The highest BCUT2D eigenvalue weighted by molar-refractivity contribution is 7.99. The molecule has 0 aliphatic carbocycles. The molecular weight excluding hydrogens is 452 g/mol. The van der Waals surface area contributed by atoms with Crippen molar-refractivity contribution in [1.29, 1.82) is 0 Å². The van der Waals surface area contributed by atoms with E-state index in [4.69, 9.17) is 0 Å². The Kier molecular flexibility index (Phi) is 7.71. The van der Waals surface area contributed by atoms with E-state index in [1.165, 1.54) is 22.9 Å². The second kappa shape index (κ2) is 10.9. The maximum Gasteiger partial charge on any atom is 0.234 e. The number of carbonyl (C=O) groups is 1. The van der Waals surface area contributed by atoms with Crippen LogP contribution < -0.4 is 5.32 Å². The van der Waals surface area contributed by atoms with Gasteiger partial charge in [-0.3, -0.25) is 4.79 Å². The number of hydrogen-bond acceptors (Lipinski definition) is 4. The van der Waals surface area contributed by atoms with E-state index in [0.29, 0.717) is 0 Å². The predicted molar refractivity (Wildman–Crippen MR) is 145 cm³/mol. The number of aromatic nitrogens is 3. The summed E-state index contributed by atoms with van der Waals surface area (Å²) in [4.78, 5) is 12.8. The van der Waals surface area contributed by atoms with Crippen LogP contribution >= 0.6 is 11.8 Å². The Morgan fingerprint density at radius 3 is 2.29 bits per heavy atom. The molecule has 0 aliphatic rings. The third-order valence-electron chi connectivity index (χ3n) is 5.90. The van der Waals surface area contributed by atoms with E-state index in [-0.39, 0.29) is 17.1 Å². The fourth-order valence-corrected chi connectivity index (χ4v) is 4.74. The molecule has 35 heavy (non-hydrogen) atoms. The highest BCUT2D eigenvalue weighted by Gasteiger charge is 2.17. The molecule has 1 amide bonds. The van der Waals surface area contributed by atoms with Crippen molar-refractivity contribution in [2.45, 2.75) is 51.2 Å². The van der Waals surface area contributed by atoms with Crippen LogP contribution in [0, 0.1) is 0 Å². The molecule has 1 heterocycles. The molecule has 4 rings (SSSR count). The standard InChI is InChI=1S/C29H32N4OS/c1-5-33-27(22-15-17-24(18-16-22)29(2,3)4)31-32-28(33)35-20-26(34)30-25-14-10-9-13-23(25)19-21-11-7-6-8-12-21/h6-18H,5,19-20H2,1-4H3,(H,30,34). The van der Waals surface area contributed by atoms with Gasteiger partial charge in [-0.2, -0.15) is 0 Å². The van der Waals surface area contributed by atoms with Crippen LogP contribution in [-0.2, 0) is 23.2 Å². The molecule has 0 fully saturated rings. The summed E-state index contributed by atoms with van der Waals surface area (Å²) < 4.78 is 2.06. The average molecular weight is 485 g/mol. The summed E-state index contributed by atoms with van der Waals surface area (Å²) in [5, 5.41) is 12.6. The van der Waals surface area contributed by atoms with Gasteiger partial charge in [0.25, 0.3) is 0 Å². The molecule has 6 heteroatoms. The van der Waals surface area contributed by atoms with Crippen molar-refractivity contribution in [2.24, 2.45) is 0 Å². The first-order valence-corrected chi connectivity index (χ1v) is 12.9. The number of para-hydroxylation sites is 1. The van der Waals surface area contributed by atoms with Crippen molar-refractivity contribution < 1.29 is 4.79 Å². The normalized spacial score (nSPS) is 11.4. The number of rotatable bonds is 8. The molecule has 5 nitrogen and oxygen atoms in total. The Labute approximate surface area is 212 Å². The Bertz CT molecular complexity index is 1270. The number of nitrogens with one attached hydrogen (secondary N) is 1. The molecule has 0 saturated heterocycles. The molecule has 180 valence electrons. The SMILES string of the molecule is CCn1c(SCC(=O)Nc2ccccc2Cc2ccccc2)nnc1-c1ccc(C(C)(C)C)cc1. The third-order valence-corrected chi connectivity index (χ3v) is 6.87. The highest BCUT2D eigenvalue weighted by atomic mass is 32.2. The average Bonchev–Trinajstić information content (AvgIpc) is 3.27. The van der Waals surface area contributed by atoms with E-state index < -0.39 is 0 Å². The maximum atomic E-state index is 12.8. The van der Waals surface area contributed by atoms with Crippen LogP contribution in [0.3, 0.4) is 0 Å². The predicted octanol–water partition coefficient (Wildman–Crippen LogP) is 6.58. The lowest BCUT2D eigenvalue weighted by Crippen LogP contribution is -2.16. The molecule has 0 saturated carbocycles. The molecule has 3 aromatic carbocycles. The van der Waals surface area contributed by atoms with Crippen molar-refractivity contribution >= 4 is 23.4 Å². The second-order valence-corrected chi connectivity index (χ2v) is 10.5. The molecule has 1 aromatic heterocycles. The zero-order valence-electron chi connectivity index (χ0n) is 20.8. The van der Waals surface area contributed by atoms with E-state index in [0.717, 1.165) is 40.8 Å². The van der Waals surface area contributed by atoms with Gasteiger partial charge in [-0.15, -0.1) is 10.2 Å². The number of benzene rings is 3. The molecule has 0 atom stereocenters. The third kappa shape index (κ3) is 6.20. The molecule has 0 radical (unpaired) electrons. The van der Waals surface area contributed by atoms with Gasteiger partial charge < -0.3 is 9.88 Å². The zero-order valence-corrected chi connectivity index (χ0v) is 21.6. The van der Waals surface area contributed by atoms with Gasteiger partial charge in [0.1, 0.15) is 0 Å².